The Morgan fingerprint density at radius 2 is 1.87 bits per heavy atom. The van der Waals surface area contributed by atoms with Crippen LogP contribution in [0, 0.1) is 0 Å². The summed E-state index contributed by atoms with van der Waals surface area (Å²) in [5.41, 5.74) is 8.80. The van der Waals surface area contributed by atoms with Gasteiger partial charge in [0, 0.05) is 29.4 Å². The molecule has 0 unspecified atom stereocenters. The molecule has 38 heavy (non-hydrogen) atoms. The van der Waals surface area contributed by atoms with Crippen molar-refractivity contribution in [3.05, 3.63) is 29.3 Å². The molecular weight excluding hydrogens is 496 g/mol. The number of hydrogen-bond donors (Lipinski definition) is 7. The van der Waals surface area contributed by atoms with Crippen LogP contribution in [0.1, 0.15) is 43.9 Å². The molecule has 0 bridgehead atoms. The molecule has 3 aromatic carbocycles. The number of nitrogen functional groups attached to an aromatic ring is 1. The van der Waals surface area contributed by atoms with Crippen LogP contribution in [0.15, 0.2) is 18.2 Å². The number of methoxy groups -OCH3 is 1. The van der Waals surface area contributed by atoms with Gasteiger partial charge >= 0.3 is 0 Å². The van der Waals surface area contributed by atoms with Crippen molar-refractivity contribution in [2.75, 3.05) is 12.8 Å². The van der Waals surface area contributed by atoms with Crippen LogP contribution in [0.5, 0.6) is 23.0 Å². The number of ether oxygens (including phenoxy) is 3. The molecule has 11 nitrogen and oxygen atoms in total. The van der Waals surface area contributed by atoms with Gasteiger partial charge in [-0.3, -0.25) is 4.79 Å². The molecule has 1 fully saturated rings. The van der Waals surface area contributed by atoms with Gasteiger partial charge in [0.05, 0.1) is 47.6 Å². The topological polar surface area (TPSA) is 200 Å². The summed E-state index contributed by atoms with van der Waals surface area (Å²) in [6.07, 6.45) is -3.68. The molecule has 10 N–H and O–H groups in total. The van der Waals surface area contributed by atoms with Gasteiger partial charge in [-0.2, -0.15) is 0 Å². The Hall–Kier alpha value is -3.35. The number of anilines is 1. The number of aliphatic hydroxyl groups is 2. The third-order valence-corrected chi connectivity index (χ3v) is 7.98. The van der Waals surface area contributed by atoms with Crippen molar-refractivity contribution in [1.29, 1.82) is 0 Å². The van der Waals surface area contributed by atoms with Gasteiger partial charge in [0.15, 0.2) is 12.1 Å². The van der Waals surface area contributed by atoms with E-state index < -0.39 is 47.8 Å². The lowest BCUT2D eigenvalue weighted by molar-refractivity contribution is -0.466. The van der Waals surface area contributed by atoms with Crippen LogP contribution in [0.2, 0.25) is 0 Å². The van der Waals surface area contributed by atoms with Crippen LogP contribution in [-0.4, -0.2) is 68.6 Å². The summed E-state index contributed by atoms with van der Waals surface area (Å²) in [5.74, 6) is -1.33. The van der Waals surface area contributed by atoms with Crippen molar-refractivity contribution in [2.45, 2.75) is 69.4 Å². The van der Waals surface area contributed by atoms with E-state index in [9.17, 15) is 30.3 Å². The van der Waals surface area contributed by atoms with Gasteiger partial charge in [-0.25, -0.2) is 0 Å². The van der Waals surface area contributed by atoms with Crippen LogP contribution in [-0.2, 0) is 20.7 Å². The van der Waals surface area contributed by atoms with E-state index in [1.165, 1.54) is 14.0 Å². The molecule has 204 valence electrons. The van der Waals surface area contributed by atoms with Gasteiger partial charge in [0.2, 0.25) is 0 Å². The van der Waals surface area contributed by atoms with Crippen molar-refractivity contribution in [3.8, 4) is 23.0 Å². The van der Waals surface area contributed by atoms with E-state index in [0.29, 0.717) is 16.5 Å². The molecule has 2 aliphatic rings. The average molecular weight is 530 g/mol. The van der Waals surface area contributed by atoms with Gasteiger partial charge in [-0.1, -0.05) is 12.1 Å². The largest absolute Gasteiger partial charge is 0.507 e. The molecule has 1 aliphatic heterocycles. The van der Waals surface area contributed by atoms with E-state index in [2.05, 4.69) is 5.73 Å². The summed E-state index contributed by atoms with van der Waals surface area (Å²) in [6, 6.07) is 4.51. The zero-order valence-electron chi connectivity index (χ0n) is 21.4. The van der Waals surface area contributed by atoms with Crippen molar-refractivity contribution in [2.24, 2.45) is 0 Å². The number of aromatic hydroxyl groups is 3. The molecule has 5 rings (SSSR count). The third kappa shape index (κ3) is 3.81. The summed E-state index contributed by atoms with van der Waals surface area (Å²) in [4.78, 5) is 12.5. The number of ketones is 1. The average Bonchev–Trinajstić information content (AvgIpc) is 2.87. The van der Waals surface area contributed by atoms with Crippen LogP contribution in [0.4, 0.5) is 5.69 Å². The normalized spacial score (nSPS) is 29.4. The standard InChI is InChI=1S/C27H32N2O9/c1-10-23(31)14(28)7-17(37-10)38-16-9-27(35,11(2)30)8-13-19(16)26(34)20-21(25(13)33)24(32)12-5-4-6-15(36-3)18(12)22(20)29/h4-6,10,14,16-17,23,31-35H,7-9,28-29H2,1-3H3/p+1/t10-,14-,16-,17-,23+,27-/m0/s1. The van der Waals surface area contributed by atoms with Crippen molar-refractivity contribution in [1.82, 2.24) is 0 Å². The van der Waals surface area contributed by atoms with Gasteiger partial charge < -0.3 is 51.2 Å². The molecule has 1 saturated heterocycles. The quantitative estimate of drug-likeness (QED) is 0.146. The minimum atomic E-state index is -1.92. The number of Topliss-reactive ketones (excluding diaryl/α,β-unsaturated/α-hetero) is 1. The van der Waals surface area contributed by atoms with Crippen LogP contribution in [0.3, 0.4) is 0 Å². The predicted molar refractivity (Wildman–Crippen MR) is 137 cm³/mol. The number of quaternary nitrogens is 1. The number of fused-ring (bicyclic) bond motifs is 3. The molecule has 11 heteroatoms. The van der Waals surface area contributed by atoms with Gasteiger partial charge in [-0.15, -0.1) is 0 Å². The van der Waals surface area contributed by atoms with E-state index in [1.807, 2.05) is 0 Å². The molecular formula is C27H33N2O9+. The Morgan fingerprint density at radius 1 is 1.16 bits per heavy atom. The summed E-state index contributed by atoms with van der Waals surface area (Å²) in [6.45, 7) is 2.91. The second-order valence-corrected chi connectivity index (χ2v) is 10.3. The maximum absolute atomic E-state index is 12.5. The fourth-order valence-electron chi connectivity index (χ4n) is 5.82. The summed E-state index contributed by atoms with van der Waals surface area (Å²) >= 11 is 0. The van der Waals surface area contributed by atoms with Crippen LogP contribution < -0.4 is 16.2 Å². The molecule has 0 saturated carbocycles. The second-order valence-electron chi connectivity index (χ2n) is 10.3. The number of carbonyl (C=O) groups is 1. The highest BCUT2D eigenvalue weighted by Gasteiger charge is 2.47. The van der Waals surface area contributed by atoms with Crippen LogP contribution >= 0.6 is 0 Å². The fourth-order valence-corrected chi connectivity index (χ4v) is 5.82. The Morgan fingerprint density at radius 3 is 2.50 bits per heavy atom. The Labute approximate surface area is 218 Å². The summed E-state index contributed by atoms with van der Waals surface area (Å²) in [7, 11) is 1.45. The molecule has 6 atom stereocenters. The predicted octanol–water partition coefficient (Wildman–Crippen LogP) is 1.13. The van der Waals surface area contributed by atoms with E-state index >= 15 is 0 Å². The van der Waals surface area contributed by atoms with E-state index in [4.69, 9.17) is 19.9 Å². The number of nitrogens with two attached hydrogens (primary N) is 1. The number of carbonyl (C=O) groups excluding carboxylic acids is 1. The Bertz CT molecular complexity index is 1450. The highest BCUT2D eigenvalue weighted by Crippen LogP contribution is 2.56. The molecule has 0 amide bonds. The van der Waals surface area contributed by atoms with E-state index in [-0.39, 0.29) is 58.3 Å². The SMILES string of the molecule is COc1cccc2c(O)c3c(O)c4c(c(O)c3c(N)c12)[C@@H](O[C@H]1C[C@H]([NH3+])[C@H](O)[C@H](C)O1)C[C@](O)(C(C)=O)C4. The lowest BCUT2D eigenvalue weighted by atomic mass is 9.74. The second kappa shape index (κ2) is 9.14. The first kappa shape index (κ1) is 26.3. The van der Waals surface area contributed by atoms with Crippen molar-refractivity contribution >= 4 is 33.0 Å². The number of rotatable bonds is 4. The first-order chi connectivity index (χ1) is 17.9. The maximum Gasteiger partial charge on any atom is 0.164 e. The van der Waals surface area contributed by atoms with Crippen molar-refractivity contribution in [3.63, 3.8) is 0 Å². The molecule has 1 heterocycles. The zero-order chi connectivity index (χ0) is 27.7. The third-order valence-electron chi connectivity index (χ3n) is 7.98. The monoisotopic (exact) mass is 529 g/mol. The Kier molecular flexibility index (Phi) is 6.32. The van der Waals surface area contributed by atoms with E-state index in [0.717, 1.165) is 0 Å². The minimum Gasteiger partial charge on any atom is -0.507 e. The number of hydrogen-bond acceptors (Lipinski definition) is 10. The number of benzene rings is 3. The lowest BCUT2D eigenvalue weighted by Crippen LogP contribution is -2.71. The zero-order valence-corrected chi connectivity index (χ0v) is 21.4. The van der Waals surface area contributed by atoms with Gasteiger partial charge in [-0.05, 0) is 19.9 Å². The van der Waals surface area contributed by atoms with Gasteiger partial charge in [0.25, 0.3) is 0 Å². The highest BCUT2D eigenvalue weighted by molar-refractivity contribution is 6.20. The molecule has 0 spiro atoms. The van der Waals surface area contributed by atoms with Gasteiger partial charge in [0.1, 0.15) is 40.7 Å². The maximum atomic E-state index is 12.5. The number of phenols is 3. The van der Waals surface area contributed by atoms with Crippen molar-refractivity contribution < 1.29 is 50.3 Å². The molecule has 0 radical (unpaired) electrons. The molecule has 1 aliphatic carbocycles. The number of aliphatic hydroxyl groups excluding tert-OH is 1. The number of phenolic OH excluding ortho intramolecular Hbond substituents is 3. The lowest BCUT2D eigenvalue weighted by Gasteiger charge is -2.41. The Balaban J connectivity index is 1.77. The first-order valence-corrected chi connectivity index (χ1v) is 12.4. The van der Waals surface area contributed by atoms with E-state index in [1.54, 1.807) is 25.1 Å². The highest BCUT2D eigenvalue weighted by atomic mass is 16.7. The summed E-state index contributed by atoms with van der Waals surface area (Å²) < 4.78 is 17.4. The first-order valence-electron chi connectivity index (χ1n) is 12.4. The molecule has 0 aromatic heterocycles. The fraction of sp³-hybridized carbons (Fsp3) is 0.444. The minimum absolute atomic E-state index is 0.0130. The van der Waals surface area contributed by atoms with Crippen LogP contribution in [0.25, 0.3) is 21.5 Å². The summed E-state index contributed by atoms with van der Waals surface area (Å²) in [5, 5.41) is 56.3. The molecule has 3 aromatic rings. The smallest absolute Gasteiger partial charge is 0.164 e.